The van der Waals surface area contributed by atoms with E-state index in [2.05, 4.69) is 26.1 Å². The first-order chi connectivity index (χ1) is 5.97. The number of amides is 1. The summed E-state index contributed by atoms with van der Waals surface area (Å²) in [7, 11) is 0. The summed E-state index contributed by atoms with van der Waals surface area (Å²) in [6.45, 7) is 7.57. The Balaban J connectivity index is 2.68. The summed E-state index contributed by atoms with van der Waals surface area (Å²) in [5, 5.41) is 3.48. The number of carbonyl (C=O) groups is 1. The van der Waals surface area contributed by atoms with Gasteiger partial charge in [-0.25, -0.2) is 0 Å². The quantitative estimate of drug-likeness (QED) is 0.684. The van der Waals surface area contributed by atoms with Crippen molar-refractivity contribution in [1.82, 2.24) is 5.32 Å². The average molecular weight is 184 g/mol. The maximum Gasteiger partial charge on any atom is 0.217 e. The Morgan fingerprint density at radius 1 is 1.69 bits per heavy atom. The molecule has 1 heterocycles. The first-order valence-corrected chi connectivity index (χ1v) is 5.00. The van der Waals surface area contributed by atoms with Crippen molar-refractivity contribution in [2.24, 2.45) is 17.6 Å². The highest BCUT2D eigenvalue weighted by Crippen LogP contribution is 2.34. The van der Waals surface area contributed by atoms with Crippen LogP contribution in [-0.4, -0.2) is 18.0 Å². The summed E-state index contributed by atoms with van der Waals surface area (Å²) in [5.74, 6) is 0.768. The van der Waals surface area contributed by atoms with Gasteiger partial charge in [0.05, 0.1) is 0 Å². The topological polar surface area (TPSA) is 55.1 Å². The van der Waals surface area contributed by atoms with Crippen molar-refractivity contribution in [3.05, 3.63) is 0 Å². The third-order valence-corrected chi connectivity index (χ3v) is 3.49. The van der Waals surface area contributed by atoms with Crippen LogP contribution < -0.4 is 11.1 Å². The highest BCUT2D eigenvalue weighted by Gasteiger charge is 2.41. The Morgan fingerprint density at radius 2 is 2.31 bits per heavy atom. The molecule has 3 heteroatoms. The highest BCUT2D eigenvalue weighted by atomic mass is 16.1. The second kappa shape index (κ2) is 3.66. The molecule has 1 fully saturated rings. The number of hydrogen-bond donors (Lipinski definition) is 2. The van der Waals surface area contributed by atoms with E-state index in [4.69, 9.17) is 5.73 Å². The van der Waals surface area contributed by atoms with Crippen molar-refractivity contribution in [3.63, 3.8) is 0 Å². The van der Waals surface area contributed by atoms with E-state index in [1.54, 1.807) is 0 Å². The van der Waals surface area contributed by atoms with Crippen molar-refractivity contribution in [1.29, 1.82) is 0 Å². The van der Waals surface area contributed by atoms with E-state index in [9.17, 15) is 4.79 Å². The van der Waals surface area contributed by atoms with Crippen LogP contribution in [0.15, 0.2) is 0 Å². The van der Waals surface area contributed by atoms with Gasteiger partial charge in [0.1, 0.15) is 0 Å². The van der Waals surface area contributed by atoms with Crippen molar-refractivity contribution in [2.45, 2.75) is 39.2 Å². The zero-order chi connectivity index (χ0) is 10.1. The molecular weight excluding hydrogens is 164 g/mol. The first kappa shape index (κ1) is 10.5. The fraction of sp³-hybridized carbons (Fsp3) is 0.900. The van der Waals surface area contributed by atoms with E-state index in [0.717, 1.165) is 13.0 Å². The minimum absolute atomic E-state index is 0.0923. The molecule has 2 unspecified atom stereocenters. The van der Waals surface area contributed by atoms with Crippen LogP contribution in [-0.2, 0) is 4.79 Å². The van der Waals surface area contributed by atoms with Crippen LogP contribution in [0.3, 0.4) is 0 Å². The molecule has 1 rings (SSSR count). The lowest BCUT2D eigenvalue weighted by atomic mass is 9.77. The van der Waals surface area contributed by atoms with Crippen LogP contribution in [0, 0.1) is 11.8 Å². The van der Waals surface area contributed by atoms with E-state index in [1.807, 2.05) is 0 Å². The van der Waals surface area contributed by atoms with Crippen LogP contribution in [0.4, 0.5) is 0 Å². The lowest BCUT2D eigenvalue weighted by Crippen LogP contribution is -2.47. The molecule has 1 amide bonds. The van der Waals surface area contributed by atoms with Crippen molar-refractivity contribution in [3.8, 4) is 0 Å². The molecule has 2 atom stereocenters. The molecule has 3 N–H and O–H groups in total. The summed E-state index contributed by atoms with van der Waals surface area (Å²) >= 11 is 0. The predicted octanol–water partition coefficient (Wildman–Crippen LogP) is 0.886. The van der Waals surface area contributed by atoms with E-state index in [0.29, 0.717) is 18.3 Å². The number of nitrogens with two attached hydrogens (primary N) is 1. The fourth-order valence-corrected chi connectivity index (χ4v) is 2.19. The van der Waals surface area contributed by atoms with Gasteiger partial charge in [-0.05, 0) is 31.7 Å². The van der Waals surface area contributed by atoms with Crippen molar-refractivity contribution >= 4 is 5.91 Å². The second-order valence-corrected chi connectivity index (χ2v) is 4.52. The Labute approximate surface area is 80.1 Å². The maximum atomic E-state index is 10.9. The molecule has 0 aromatic rings. The molecule has 1 aliphatic rings. The SMILES string of the molecule is CC(C)C1(C)NCCC1CC(N)=O. The van der Waals surface area contributed by atoms with Gasteiger partial charge < -0.3 is 11.1 Å². The Hall–Kier alpha value is -0.570. The first-order valence-electron chi connectivity index (χ1n) is 5.00. The van der Waals surface area contributed by atoms with E-state index < -0.39 is 0 Å². The number of hydrogen-bond acceptors (Lipinski definition) is 2. The van der Waals surface area contributed by atoms with Gasteiger partial charge in [0, 0.05) is 12.0 Å². The molecule has 0 radical (unpaired) electrons. The van der Waals surface area contributed by atoms with Crippen LogP contribution in [0.5, 0.6) is 0 Å². The lowest BCUT2D eigenvalue weighted by molar-refractivity contribution is -0.119. The van der Waals surface area contributed by atoms with E-state index >= 15 is 0 Å². The molecule has 0 saturated carbocycles. The number of primary amides is 1. The van der Waals surface area contributed by atoms with E-state index in [1.165, 1.54) is 0 Å². The molecule has 3 nitrogen and oxygen atoms in total. The van der Waals surface area contributed by atoms with Crippen molar-refractivity contribution < 1.29 is 4.79 Å². The summed E-state index contributed by atoms with van der Waals surface area (Å²) in [4.78, 5) is 10.9. The minimum atomic E-state index is -0.180. The molecule has 0 bridgehead atoms. The van der Waals surface area contributed by atoms with E-state index in [-0.39, 0.29) is 11.4 Å². The molecule has 0 aliphatic carbocycles. The highest BCUT2D eigenvalue weighted by molar-refractivity contribution is 5.74. The number of carbonyl (C=O) groups excluding carboxylic acids is 1. The normalized spacial score (nSPS) is 34.0. The third kappa shape index (κ3) is 2.02. The van der Waals surface area contributed by atoms with Gasteiger partial charge in [0.15, 0.2) is 0 Å². The fourth-order valence-electron chi connectivity index (χ4n) is 2.19. The van der Waals surface area contributed by atoms with Gasteiger partial charge >= 0.3 is 0 Å². The molecule has 0 aromatic heterocycles. The Morgan fingerprint density at radius 3 is 2.77 bits per heavy atom. The summed E-state index contributed by atoms with van der Waals surface area (Å²) in [6, 6.07) is 0. The minimum Gasteiger partial charge on any atom is -0.370 e. The van der Waals surface area contributed by atoms with Crippen molar-refractivity contribution in [2.75, 3.05) is 6.54 Å². The summed E-state index contributed by atoms with van der Waals surface area (Å²) in [5.41, 5.74) is 5.32. The summed E-state index contributed by atoms with van der Waals surface area (Å²) in [6.07, 6.45) is 1.58. The molecule has 1 saturated heterocycles. The predicted molar refractivity (Wildman–Crippen MR) is 53.2 cm³/mol. The second-order valence-electron chi connectivity index (χ2n) is 4.52. The van der Waals surface area contributed by atoms with Crippen LogP contribution in [0.2, 0.25) is 0 Å². The van der Waals surface area contributed by atoms with Crippen LogP contribution in [0.25, 0.3) is 0 Å². The van der Waals surface area contributed by atoms with Gasteiger partial charge in [0.2, 0.25) is 5.91 Å². The van der Waals surface area contributed by atoms with Gasteiger partial charge in [-0.3, -0.25) is 4.79 Å². The molecule has 76 valence electrons. The Kier molecular flexibility index (Phi) is 2.96. The molecular formula is C10H20N2O. The number of rotatable bonds is 3. The molecule has 1 aliphatic heterocycles. The Bertz CT molecular complexity index is 203. The standard InChI is InChI=1S/C10H20N2O/c1-7(2)10(3)8(4-5-12-10)6-9(11)13/h7-8,12H,4-6H2,1-3H3,(H2,11,13). The largest absolute Gasteiger partial charge is 0.370 e. The third-order valence-electron chi connectivity index (χ3n) is 3.49. The van der Waals surface area contributed by atoms with Gasteiger partial charge in [-0.2, -0.15) is 0 Å². The lowest BCUT2D eigenvalue weighted by Gasteiger charge is -2.35. The molecule has 13 heavy (non-hydrogen) atoms. The molecule has 0 spiro atoms. The van der Waals surface area contributed by atoms with Gasteiger partial charge in [0.25, 0.3) is 0 Å². The zero-order valence-electron chi connectivity index (χ0n) is 8.76. The maximum absolute atomic E-state index is 10.9. The summed E-state index contributed by atoms with van der Waals surface area (Å²) < 4.78 is 0. The molecule has 0 aromatic carbocycles. The van der Waals surface area contributed by atoms with Gasteiger partial charge in [-0.15, -0.1) is 0 Å². The smallest absolute Gasteiger partial charge is 0.217 e. The zero-order valence-corrected chi connectivity index (χ0v) is 8.76. The number of nitrogens with one attached hydrogen (secondary N) is 1. The average Bonchev–Trinajstić information content (AvgIpc) is 2.33. The van der Waals surface area contributed by atoms with Crippen LogP contribution >= 0.6 is 0 Å². The monoisotopic (exact) mass is 184 g/mol. The van der Waals surface area contributed by atoms with Gasteiger partial charge in [-0.1, -0.05) is 13.8 Å². The van der Waals surface area contributed by atoms with Crippen LogP contribution in [0.1, 0.15) is 33.6 Å².